The summed E-state index contributed by atoms with van der Waals surface area (Å²) in [6.07, 6.45) is -0.491. The minimum atomic E-state index is -0.729. The first-order valence-corrected chi connectivity index (χ1v) is 11.7. The molecule has 1 amide bonds. The summed E-state index contributed by atoms with van der Waals surface area (Å²) < 4.78 is 15.5. The molecule has 34 heavy (non-hydrogen) atoms. The summed E-state index contributed by atoms with van der Waals surface area (Å²) >= 11 is 5.93. The highest BCUT2D eigenvalue weighted by Crippen LogP contribution is 2.32. The van der Waals surface area contributed by atoms with Gasteiger partial charge >= 0.3 is 0 Å². The van der Waals surface area contributed by atoms with Crippen LogP contribution in [0.25, 0.3) is 11.4 Å². The van der Waals surface area contributed by atoms with Gasteiger partial charge in [-0.05, 0) is 73.7 Å². The van der Waals surface area contributed by atoms with E-state index >= 15 is 0 Å². The number of hydrogen-bond acceptors (Lipinski definition) is 4. The molecule has 1 aromatic heterocycles. The highest BCUT2D eigenvalue weighted by atomic mass is 35.5. The minimum absolute atomic E-state index is 0.00945. The lowest BCUT2D eigenvalue weighted by Crippen LogP contribution is -2.20. The van der Waals surface area contributed by atoms with Crippen molar-refractivity contribution in [3.05, 3.63) is 77.6 Å². The Morgan fingerprint density at radius 3 is 2.35 bits per heavy atom. The molecule has 2 aromatic carbocycles. The molecule has 0 fully saturated rings. The van der Waals surface area contributed by atoms with Crippen molar-refractivity contribution in [2.45, 2.75) is 57.8 Å². The number of aromatic nitrogens is 2. The molecule has 0 saturated carbocycles. The standard InChI is InChI=1S/C26H30ClFN3O3/c1-4-21(32)15-22(33)13-14-31-23(16(2)3)24(29-25(31)17-7-11-20(28)12-8-17)30-26(34)18-5-9-19(27)10-6-18/h5-12,16,21-22,32-33H,1,4,13-15H2,2-3H3,(H,30,34). The number of carbonyl (C=O) groups excluding carboxylic acids is 1. The van der Waals surface area contributed by atoms with E-state index < -0.39 is 12.2 Å². The first-order valence-electron chi connectivity index (χ1n) is 11.3. The van der Waals surface area contributed by atoms with Gasteiger partial charge in [0, 0.05) is 22.7 Å². The molecule has 6 nitrogen and oxygen atoms in total. The zero-order valence-corrected chi connectivity index (χ0v) is 20.1. The van der Waals surface area contributed by atoms with Crippen molar-refractivity contribution < 1.29 is 19.4 Å². The average Bonchev–Trinajstić information content (AvgIpc) is 3.16. The molecule has 0 aliphatic rings. The molecule has 0 saturated heterocycles. The second kappa shape index (κ2) is 11.6. The van der Waals surface area contributed by atoms with Crippen LogP contribution >= 0.6 is 11.6 Å². The van der Waals surface area contributed by atoms with Crippen LogP contribution in [-0.4, -0.2) is 37.9 Å². The van der Waals surface area contributed by atoms with Crippen LogP contribution in [0.5, 0.6) is 0 Å². The summed E-state index contributed by atoms with van der Waals surface area (Å²) in [5, 5.41) is 23.7. The zero-order chi connectivity index (χ0) is 24.8. The molecule has 181 valence electrons. The lowest BCUT2D eigenvalue weighted by molar-refractivity contribution is 0.0742. The largest absolute Gasteiger partial charge is 0.393 e. The number of nitrogens with one attached hydrogen (secondary N) is 1. The third-order valence-electron chi connectivity index (χ3n) is 5.56. The molecule has 2 atom stereocenters. The van der Waals surface area contributed by atoms with Gasteiger partial charge < -0.3 is 20.1 Å². The van der Waals surface area contributed by atoms with Gasteiger partial charge in [-0.3, -0.25) is 4.79 Å². The van der Waals surface area contributed by atoms with Crippen molar-refractivity contribution in [3.8, 4) is 11.4 Å². The fourth-order valence-electron chi connectivity index (χ4n) is 3.80. The maximum absolute atomic E-state index is 13.6. The number of rotatable bonds is 10. The molecule has 0 aliphatic carbocycles. The first kappa shape index (κ1) is 25.9. The minimum Gasteiger partial charge on any atom is -0.393 e. The van der Waals surface area contributed by atoms with Crippen LogP contribution in [0.1, 0.15) is 55.1 Å². The number of benzene rings is 2. The number of amides is 1. The van der Waals surface area contributed by atoms with Crippen LogP contribution in [0.4, 0.5) is 10.2 Å². The van der Waals surface area contributed by atoms with Crippen molar-refractivity contribution >= 4 is 23.3 Å². The van der Waals surface area contributed by atoms with E-state index in [0.717, 1.165) is 5.69 Å². The number of imidazole rings is 1. The third-order valence-corrected chi connectivity index (χ3v) is 5.81. The van der Waals surface area contributed by atoms with Crippen LogP contribution < -0.4 is 5.32 Å². The van der Waals surface area contributed by atoms with E-state index in [-0.39, 0.29) is 24.1 Å². The monoisotopic (exact) mass is 486 g/mol. The summed E-state index contributed by atoms with van der Waals surface area (Å²) in [5.74, 6) is 0.263. The van der Waals surface area contributed by atoms with Gasteiger partial charge in [0.25, 0.3) is 5.91 Å². The quantitative estimate of drug-likeness (QED) is 0.356. The lowest BCUT2D eigenvalue weighted by Gasteiger charge is -2.19. The van der Waals surface area contributed by atoms with Crippen molar-refractivity contribution in [3.63, 3.8) is 0 Å². The predicted octanol–water partition coefficient (Wildman–Crippen LogP) is 5.44. The van der Waals surface area contributed by atoms with E-state index in [0.29, 0.717) is 47.2 Å². The number of carbonyl (C=O) groups is 1. The highest BCUT2D eigenvalue weighted by molar-refractivity contribution is 6.30. The van der Waals surface area contributed by atoms with E-state index in [4.69, 9.17) is 16.6 Å². The van der Waals surface area contributed by atoms with Gasteiger partial charge in [-0.2, -0.15) is 0 Å². The number of anilines is 1. The Morgan fingerprint density at radius 1 is 1.12 bits per heavy atom. The summed E-state index contributed by atoms with van der Waals surface area (Å²) in [4.78, 5) is 17.6. The Balaban J connectivity index is 1.98. The van der Waals surface area contributed by atoms with Crippen LogP contribution in [0, 0.1) is 12.7 Å². The van der Waals surface area contributed by atoms with Crippen molar-refractivity contribution in [1.29, 1.82) is 0 Å². The molecule has 0 bridgehead atoms. The number of halogens is 2. The van der Waals surface area contributed by atoms with Crippen LogP contribution in [0.2, 0.25) is 5.02 Å². The zero-order valence-electron chi connectivity index (χ0n) is 19.3. The maximum atomic E-state index is 13.6. The Labute approximate surface area is 204 Å². The van der Waals surface area contributed by atoms with E-state index in [1.165, 1.54) is 12.1 Å². The molecule has 3 N–H and O–H groups in total. The molecule has 3 aromatic rings. The normalized spacial score (nSPS) is 13.2. The number of nitrogens with zero attached hydrogens (tertiary/aromatic N) is 2. The molecule has 2 unspecified atom stereocenters. The summed E-state index contributed by atoms with van der Waals surface area (Å²) in [7, 11) is 0. The molecule has 3 rings (SSSR count). The third kappa shape index (κ3) is 6.44. The van der Waals surface area contributed by atoms with Gasteiger partial charge in [0.05, 0.1) is 17.9 Å². The summed E-state index contributed by atoms with van der Waals surface area (Å²) in [6.45, 7) is 8.04. The SMILES string of the molecule is [CH2]CC(O)CC(O)CCn1c(-c2ccc(F)cc2)nc(NC(=O)c2ccc(Cl)cc2)c1C(C)C. The summed E-state index contributed by atoms with van der Waals surface area (Å²) in [5.41, 5.74) is 1.91. The van der Waals surface area contributed by atoms with Gasteiger partial charge in [-0.15, -0.1) is 0 Å². The Hall–Kier alpha value is -2.74. The fourth-order valence-corrected chi connectivity index (χ4v) is 3.92. The van der Waals surface area contributed by atoms with Gasteiger partial charge in [-0.25, -0.2) is 9.37 Å². The van der Waals surface area contributed by atoms with Gasteiger partial charge in [0.2, 0.25) is 0 Å². The fraction of sp³-hybridized carbons (Fsp3) is 0.346. The second-order valence-electron chi connectivity index (χ2n) is 8.56. The van der Waals surface area contributed by atoms with E-state index in [9.17, 15) is 19.4 Å². The summed E-state index contributed by atoms with van der Waals surface area (Å²) in [6, 6.07) is 12.5. The first-order chi connectivity index (χ1) is 16.2. The molecule has 0 aliphatic heterocycles. The number of aliphatic hydroxyl groups is 2. The molecule has 8 heteroatoms. The van der Waals surface area contributed by atoms with Crippen LogP contribution in [0.15, 0.2) is 48.5 Å². The average molecular weight is 487 g/mol. The lowest BCUT2D eigenvalue weighted by atomic mass is 10.1. The van der Waals surface area contributed by atoms with Crippen molar-refractivity contribution in [1.82, 2.24) is 9.55 Å². The number of hydrogen-bond donors (Lipinski definition) is 3. The van der Waals surface area contributed by atoms with Crippen LogP contribution in [0.3, 0.4) is 0 Å². The van der Waals surface area contributed by atoms with E-state index in [1.807, 2.05) is 18.4 Å². The Morgan fingerprint density at radius 2 is 1.76 bits per heavy atom. The highest BCUT2D eigenvalue weighted by Gasteiger charge is 2.23. The Bertz CT molecular complexity index is 1100. The maximum Gasteiger partial charge on any atom is 0.256 e. The molecule has 0 spiro atoms. The van der Waals surface area contributed by atoms with E-state index in [2.05, 4.69) is 12.2 Å². The Kier molecular flexibility index (Phi) is 8.83. The molecule has 1 radical (unpaired) electrons. The van der Waals surface area contributed by atoms with Crippen molar-refractivity contribution in [2.75, 3.05) is 5.32 Å². The van der Waals surface area contributed by atoms with Gasteiger partial charge in [0.1, 0.15) is 11.6 Å². The van der Waals surface area contributed by atoms with E-state index in [1.54, 1.807) is 36.4 Å². The molecule has 1 heterocycles. The number of aliphatic hydroxyl groups excluding tert-OH is 2. The van der Waals surface area contributed by atoms with Gasteiger partial charge in [-0.1, -0.05) is 32.4 Å². The molecular formula is C26H30ClFN3O3. The van der Waals surface area contributed by atoms with Crippen molar-refractivity contribution in [2.24, 2.45) is 0 Å². The smallest absolute Gasteiger partial charge is 0.256 e. The van der Waals surface area contributed by atoms with Crippen LogP contribution in [-0.2, 0) is 6.54 Å². The topological polar surface area (TPSA) is 87.4 Å². The van der Waals surface area contributed by atoms with Gasteiger partial charge in [0.15, 0.2) is 5.82 Å². The second-order valence-corrected chi connectivity index (χ2v) is 9.00. The molecular weight excluding hydrogens is 457 g/mol. The predicted molar refractivity (Wildman–Crippen MR) is 132 cm³/mol.